The molecule has 364 valence electrons. The van der Waals surface area contributed by atoms with Crippen molar-refractivity contribution in [2.75, 3.05) is 36.8 Å². The van der Waals surface area contributed by atoms with E-state index in [1.165, 1.54) is 34.7 Å². The molecule has 2 unspecified atom stereocenters. The van der Waals surface area contributed by atoms with Crippen LogP contribution in [0.3, 0.4) is 0 Å². The molecule has 0 fully saturated rings. The van der Waals surface area contributed by atoms with Gasteiger partial charge in [0.05, 0.1) is 16.1 Å². The van der Waals surface area contributed by atoms with Gasteiger partial charge in [-0.05, 0) is 107 Å². The maximum absolute atomic E-state index is 12.5. The lowest BCUT2D eigenvalue weighted by Crippen LogP contribution is -2.31. The number of nitrogens with zero attached hydrogens (tertiary/aromatic N) is 2. The SMILES string of the molecule is CCCCCC1(C)C(/C=C/C=C/C=C2/N(CCCCCC(=O)NCCCCCN)c3ccc(S(=O)(=O)O)cc3C2(C)CCCCS(=O)(=O)O)=[N+](CCCC2=C/C=C\C=C/C=C2)c2ccccc21. The fourth-order valence-electron chi connectivity index (χ4n) is 9.77. The minimum Gasteiger partial charge on any atom is -0.356 e. The van der Waals surface area contributed by atoms with Gasteiger partial charge in [0.15, 0.2) is 5.71 Å². The average Bonchev–Trinajstić information content (AvgIpc) is 3.65. The van der Waals surface area contributed by atoms with E-state index in [-0.39, 0.29) is 28.4 Å². The number of para-hydroxylation sites is 1. The third-order valence-electron chi connectivity index (χ3n) is 13.4. The number of benzene rings is 2. The molecule has 2 heterocycles. The molecule has 11 nitrogen and oxygen atoms in total. The number of allylic oxidation sites excluding steroid dienone is 14. The molecule has 1 amide bonds. The first-order valence-electron chi connectivity index (χ1n) is 24.4. The summed E-state index contributed by atoms with van der Waals surface area (Å²) in [6.45, 7) is 9.40. The van der Waals surface area contributed by atoms with E-state index >= 15 is 0 Å². The van der Waals surface area contributed by atoms with E-state index in [0.29, 0.717) is 45.3 Å². The van der Waals surface area contributed by atoms with Crippen LogP contribution in [0.5, 0.6) is 0 Å². The molecule has 2 aromatic carbocycles. The molecular weight excluding hydrogens is 881 g/mol. The van der Waals surface area contributed by atoms with Crippen LogP contribution in [0.25, 0.3) is 0 Å². The van der Waals surface area contributed by atoms with E-state index in [1.54, 1.807) is 6.07 Å². The summed E-state index contributed by atoms with van der Waals surface area (Å²) in [5, 5.41) is 3.01. The molecule has 2 aliphatic heterocycles. The molecule has 5 rings (SSSR count). The molecule has 13 heteroatoms. The molecule has 0 saturated heterocycles. The Morgan fingerprint density at radius 1 is 0.791 bits per heavy atom. The Hall–Kier alpha value is -4.66. The number of anilines is 1. The molecular formula is C54H75N4O7S2+. The van der Waals surface area contributed by atoms with Crippen molar-refractivity contribution in [2.45, 2.75) is 139 Å². The van der Waals surface area contributed by atoms with Gasteiger partial charge in [-0.3, -0.25) is 13.9 Å². The summed E-state index contributed by atoms with van der Waals surface area (Å²) in [5.74, 6) is -0.343. The zero-order valence-electron chi connectivity index (χ0n) is 40.0. The summed E-state index contributed by atoms with van der Waals surface area (Å²) in [4.78, 5) is 14.5. The monoisotopic (exact) mass is 956 g/mol. The van der Waals surface area contributed by atoms with Crippen molar-refractivity contribution >= 4 is 43.2 Å². The molecule has 2 atom stereocenters. The summed E-state index contributed by atoms with van der Waals surface area (Å²) in [6, 6.07) is 13.5. The average molecular weight is 956 g/mol. The van der Waals surface area contributed by atoms with Crippen LogP contribution in [0, 0.1) is 0 Å². The summed E-state index contributed by atoms with van der Waals surface area (Å²) in [5.41, 5.74) is 12.2. The lowest BCUT2D eigenvalue weighted by Gasteiger charge is -2.30. The van der Waals surface area contributed by atoms with E-state index in [1.807, 2.05) is 25.2 Å². The molecule has 0 saturated carbocycles. The van der Waals surface area contributed by atoms with Crippen molar-refractivity contribution in [1.82, 2.24) is 5.32 Å². The lowest BCUT2D eigenvalue weighted by molar-refractivity contribution is -0.438. The minimum atomic E-state index is -4.52. The van der Waals surface area contributed by atoms with E-state index in [9.17, 15) is 30.7 Å². The van der Waals surface area contributed by atoms with Gasteiger partial charge in [0, 0.05) is 60.4 Å². The number of unbranched alkanes of at least 4 members (excludes halogenated alkanes) is 7. The smallest absolute Gasteiger partial charge is 0.294 e. The van der Waals surface area contributed by atoms with Gasteiger partial charge in [-0.2, -0.15) is 21.4 Å². The zero-order chi connectivity index (χ0) is 48.3. The van der Waals surface area contributed by atoms with Gasteiger partial charge < -0.3 is 16.0 Å². The Morgan fingerprint density at radius 2 is 1.54 bits per heavy atom. The third kappa shape index (κ3) is 15.2. The van der Waals surface area contributed by atoms with Crippen LogP contribution in [-0.4, -0.2) is 74.1 Å². The molecule has 0 bridgehead atoms. The first-order chi connectivity index (χ1) is 32.1. The van der Waals surface area contributed by atoms with Crippen molar-refractivity contribution in [3.05, 3.63) is 138 Å². The van der Waals surface area contributed by atoms with Gasteiger partial charge in [-0.1, -0.05) is 124 Å². The number of amides is 1. The Morgan fingerprint density at radius 3 is 2.31 bits per heavy atom. The predicted octanol–water partition coefficient (Wildman–Crippen LogP) is 10.9. The summed E-state index contributed by atoms with van der Waals surface area (Å²) < 4.78 is 70.5. The molecule has 5 N–H and O–H groups in total. The first kappa shape index (κ1) is 53.3. The van der Waals surface area contributed by atoms with Crippen LogP contribution < -0.4 is 16.0 Å². The second kappa shape index (κ2) is 25.6. The number of hydrogen-bond donors (Lipinski definition) is 4. The Labute approximate surface area is 401 Å². The van der Waals surface area contributed by atoms with E-state index in [0.717, 1.165) is 94.1 Å². The van der Waals surface area contributed by atoms with Crippen molar-refractivity contribution in [3.63, 3.8) is 0 Å². The second-order valence-electron chi connectivity index (χ2n) is 18.5. The third-order valence-corrected chi connectivity index (χ3v) is 15.0. The van der Waals surface area contributed by atoms with Crippen molar-refractivity contribution in [3.8, 4) is 0 Å². The fraction of sp³-hybridized carbons (Fsp3) is 0.481. The summed E-state index contributed by atoms with van der Waals surface area (Å²) in [7, 11) is -8.69. The second-order valence-corrected chi connectivity index (χ2v) is 21.5. The Kier molecular flexibility index (Phi) is 20.4. The number of nitrogens with two attached hydrogens (primary N) is 1. The number of nitrogens with one attached hydrogen (secondary N) is 1. The normalized spacial score (nSPS) is 21.0. The number of rotatable bonds is 28. The molecule has 1 aliphatic carbocycles. The van der Waals surface area contributed by atoms with Crippen molar-refractivity contribution < 1.29 is 35.3 Å². The van der Waals surface area contributed by atoms with Crippen LogP contribution in [-0.2, 0) is 35.9 Å². The van der Waals surface area contributed by atoms with Crippen molar-refractivity contribution in [1.29, 1.82) is 0 Å². The molecule has 0 aromatic heterocycles. The Bertz CT molecular complexity index is 2480. The summed E-state index contributed by atoms with van der Waals surface area (Å²) in [6.07, 6.45) is 38.2. The van der Waals surface area contributed by atoms with Gasteiger partial charge >= 0.3 is 0 Å². The number of carbonyl (C=O) groups excluding carboxylic acids is 1. The van der Waals surface area contributed by atoms with Crippen LogP contribution in [0.15, 0.2) is 132 Å². The highest BCUT2D eigenvalue weighted by molar-refractivity contribution is 7.86. The first-order valence-corrected chi connectivity index (χ1v) is 27.5. The van der Waals surface area contributed by atoms with E-state index < -0.39 is 25.7 Å². The molecule has 2 aromatic rings. The van der Waals surface area contributed by atoms with Crippen LogP contribution in [0.2, 0.25) is 0 Å². The number of carbonyl (C=O) groups is 1. The predicted molar refractivity (Wildman–Crippen MR) is 274 cm³/mol. The fourth-order valence-corrected chi connectivity index (χ4v) is 10.8. The van der Waals surface area contributed by atoms with Gasteiger partial charge in [-0.25, -0.2) is 0 Å². The van der Waals surface area contributed by atoms with Gasteiger partial charge in [-0.15, -0.1) is 0 Å². The standard InChI is InChI=1S/C54H74N4O7S2/c1-4-5-19-36-53(2)46-29-17-18-30-48(46)58(41-25-28-44-26-12-7-6-8-13-27-44)50(53)31-14-9-15-32-51-54(3,37-20-24-42-66(60,61)62)47-43-45(67(63,64)65)34-35-49(47)57(51)40-23-10-16-33-52(59)56-39-22-11-21-38-55/h6-9,12-15,17-18,26-27,29-32,34-35,43H,4-5,10-11,16,19-25,28,33,36-42,55H2,1-3H3,(H2-,56,59,60,61,62,63,64,65)/p+1/b7-6-,8-6?,12-7?,13-8-,26-12?,27-13?,44-26?,44-27?. The van der Waals surface area contributed by atoms with Gasteiger partial charge in [0.2, 0.25) is 11.6 Å². The number of fused-ring (bicyclic) bond motifs is 2. The highest BCUT2D eigenvalue weighted by atomic mass is 32.2. The van der Waals surface area contributed by atoms with E-state index in [4.69, 9.17) is 5.73 Å². The highest BCUT2D eigenvalue weighted by Gasteiger charge is 2.47. The molecule has 0 spiro atoms. The molecule has 0 radical (unpaired) electrons. The topological polar surface area (TPSA) is 170 Å². The number of hydrogen-bond acceptors (Lipinski definition) is 7. The van der Waals surface area contributed by atoms with E-state index in [2.05, 4.69) is 108 Å². The maximum atomic E-state index is 12.5. The van der Waals surface area contributed by atoms with Gasteiger partial charge in [0.1, 0.15) is 6.54 Å². The largest absolute Gasteiger partial charge is 0.356 e. The maximum Gasteiger partial charge on any atom is 0.294 e. The van der Waals surface area contributed by atoms with Crippen LogP contribution in [0.1, 0.15) is 135 Å². The van der Waals surface area contributed by atoms with Crippen LogP contribution >= 0.6 is 0 Å². The lowest BCUT2D eigenvalue weighted by atomic mass is 9.75. The van der Waals surface area contributed by atoms with Gasteiger partial charge in [0.25, 0.3) is 20.2 Å². The highest BCUT2D eigenvalue weighted by Crippen LogP contribution is 2.51. The molecule has 67 heavy (non-hydrogen) atoms. The van der Waals surface area contributed by atoms with Crippen LogP contribution in [0.4, 0.5) is 11.4 Å². The zero-order valence-corrected chi connectivity index (χ0v) is 41.7. The molecule has 3 aliphatic rings. The summed E-state index contributed by atoms with van der Waals surface area (Å²) >= 11 is 0. The van der Waals surface area contributed by atoms with Crippen molar-refractivity contribution in [2.24, 2.45) is 5.73 Å². The quantitative estimate of drug-likeness (QED) is 0.0281. The Balaban J connectivity index is 1.46. The minimum absolute atomic E-state index is 0.0352.